The topological polar surface area (TPSA) is 58.6 Å². The number of imide groups is 1. The van der Waals surface area contributed by atoms with Crippen LogP contribution in [0.1, 0.15) is 26.7 Å². The van der Waals surface area contributed by atoms with E-state index in [2.05, 4.69) is 5.32 Å². The van der Waals surface area contributed by atoms with E-state index in [0.717, 1.165) is 19.4 Å². The molecule has 5 heteroatoms. The number of carbonyl (C=O) groups excluding carboxylic acids is 2. The third-order valence-electron chi connectivity index (χ3n) is 3.11. The van der Waals surface area contributed by atoms with E-state index in [0.29, 0.717) is 6.54 Å². The number of nitrogens with zero attached hydrogens (tertiary/aromatic N) is 1. The van der Waals surface area contributed by atoms with E-state index < -0.39 is 5.54 Å². The number of amides is 3. The molecule has 1 atom stereocenters. The molecule has 0 aliphatic carbocycles. The van der Waals surface area contributed by atoms with Gasteiger partial charge in [0.05, 0.1) is 6.10 Å². The van der Waals surface area contributed by atoms with Crippen LogP contribution in [0, 0.1) is 0 Å². The molecule has 5 nitrogen and oxygen atoms in total. The van der Waals surface area contributed by atoms with Crippen LogP contribution in [0.25, 0.3) is 0 Å². The minimum absolute atomic E-state index is 0.0842. The molecule has 0 bridgehead atoms. The molecule has 2 fully saturated rings. The lowest BCUT2D eigenvalue weighted by molar-refractivity contribution is -0.125. The van der Waals surface area contributed by atoms with Gasteiger partial charge in [0, 0.05) is 13.2 Å². The molecule has 0 spiro atoms. The van der Waals surface area contributed by atoms with Crippen molar-refractivity contribution in [2.45, 2.75) is 38.3 Å². The standard InChI is InChI=1S/C10H16N2O3/c1-10(2)8(13)11-9(14)12(10)6-7-4-3-5-15-7/h7H,3-6H2,1-2H3,(H,11,13,14). The van der Waals surface area contributed by atoms with Gasteiger partial charge in [0.15, 0.2) is 0 Å². The Hall–Kier alpha value is -1.10. The fraction of sp³-hybridized carbons (Fsp3) is 0.800. The van der Waals surface area contributed by atoms with Gasteiger partial charge in [0.2, 0.25) is 0 Å². The minimum Gasteiger partial charge on any atom is -0.376 e. The highest BCUT2D eigenvalue weighted by Crippen LogP contribution is 2.23. The highest BCUT2D eigenvalue weighted by atomic mass is 16.5. The van der Waals surface area contributed by atoms with Gasteiger partial charge in [0.25, 0.3) is 5.91 Å². The number of urea groups is 1. The zero-order valence-electron chi connectivity index (χ0n) is 9.08. The second kappa shape index (κ2) is 3.48. The van der Waals surface area contributed by atoms with Crippen molar-refractivity contribution >= 4 is 11.9 Å². The average Bonchev–Trinajstić information content (AvgIpc) is 2.70. The van der Waals surface area contributed by atoms with E-state index in [4.69, 9.17) is 4.74 Å². The number of hydrogen-bond donors (Lipinski definition) is 1. The van der Waals surface area contributed by atoms with Crippen molar-refractivity contribution < 1.29 is 14.3 Å². The molecule has 1 N–H and O–H groups in total. The van der Waals surface area contributed by atoms with Gasteiger partial charge in [-0.3, -0.25) is 10.1 Å². The Morgan fingerprint density at radius 1 is 1.53 bits per heavy atom. The molecular weight excluding hydrogens is 196 g/mol. The molecule has 1 unspecified atom stereocenters. The molecule has 2 aliphatic heterocycles. The van der Waals surface area contributed by atoms with Crippen LogP contribution in [-0.4, -0.2) is 41.6 Å². The molecule has 0 aromatic rings. The normalized spacial score (nSPS) is 29.7. The van der Waals surface area contributed by atoms with Crippen molar-refractivity contribution in [2.75, 3.05) is 13.2 Å². The first-order valence-electron chi connectivity index (χ1n) is 5.26. The van der Waals surface area contributed by atoms with E-state index in [-0.39, 0.29) is 18.0 Å². The molecule has 0 aromatic heterocycles. The second-order valence-corrected chi connectivity index (χ2v) is 4.56. The first kappa shape index (κ1) is 10.4. The van der Waals surface area contributed by atoms with E-state index >= 15 is 0 Å². The molecule has 0 radical (unpaired) electrons. The average molecular weight is 212 g/mol. The zero-order valence-corrected chi connectivity index (χ0v) is 9.08. The summed E-state index contributed by atoms with van der Waals surface area (Å²) in [4.78, 5) is 24.6. The summed E-state index contributed by atoms with van der Waals surface area (Å²) in [5.41, 5.74) is -0.747. The molecule has 2 heterocycles. The van der Waals surface area contributed by atoms with Crippen LogP contribution in [0.3, 0.4) is 0 Å². The summed E-state index contributed by atoms with van der Waals surface area (Å²) in [5, 5.41) is 2.32. The third-order valence-corrected chi connectivity index (χ3v) is 3.11. The Morgan fingerprint density at radius 2 is 2.27 bits per heavy atom. The first-order chi connectivity index (χ1) is 7.01. The Morgan fingerprint density at radius 3 is 2.73 bits per heavy atom. The van der Waals surface area contributed by atoms with Gasteiger partial charge < -0.3 is 9.64 Å². The van der Waals surface area contributed by atoms with Crippen LogP contribution in [0.2, 0.25) is 0 Å². The van der Waals surface area contributed by atoms with E-state index in [1.807, 2.05) is 0 Å². The van der Waals surface area contributed by atoms with Crippen LogP contribution >= 0.6 is 0 Å². The summed E-state index contributed by atoms with van der Waals surface area (Å²) < 4.78 is 5.46. The molecule has 2 aliphatic rings. The molecule has 2 saturated heterocycles. The fourth-order valence-electron chi connectivity index (χ4n) is 2.00. The lowest BCUT2D eigenvalue weighted by Gasteiger charge is -2.29. The summed E-state index contributed by atoms with van der Waals surface area (Å²) >= 11 is 0. The van der Waals surface area contributed by atoms with Gasteiger partial charge >= 0.3 is 6.03 Å². The van der Waals surface area contributed by atoms with Crippen LogP contribution in [0.15, 0.2) is 0 Å². The summed E-state index contributed by atoms with van der Waals surface area (Å²) in [6.07, 6.45) is 2.09. The van der Waals surface area contributed by atoms with Crippen LogP contribution in [-0.2, 0) is 9.53 Å². The molecule has 0 aromatic carbocycles. The number of ether oxygens (including phenoxy) is 1. The quantitative estimate of drug-likeness (QED) is 0.678. The Kier molecular flexibility index (Phi) is 2.42. The number of carbonyl (C=O) groups is 2. The predicted molar refractivity (Wildman–Crippen MR) is 53.3 cm³/mol. The predicted octanol–water partition coefficient (Wildman–Crippen LogP) is 0.496. The molecule has 2 rings (SSSR count). The lowest BCUT2D eigenvalue weighted by atomic mass is 10.0. The Labute approximate surface area is 88.8 Å². The maximum Gasteiger partial charge on any atom is 0.325 e. The van der Waals surface area contributed by atoms with Crippen LogP contribution in [0.5, 0.6) is 0 Å². The van der Waals surface area contributed by atoms with Crippen molar-refractivity contribution in [3.63, 3.8) is 0 Å². The number of rotatable bonds is 2. The summed E-state index contributed by atoms with van der Waals surface area (Å²) in [7, 11) is 0. The van der Waals surface area contributed by atoms with Crippen molar-refractivity contribution in [3.8, 4) is 0 Å². The second-order valence-electron chi connectivity index (χ2n) is 4.56. The molecular formula is C10H16N2O3. The summed E-state index contributed by atoms with van der Waals surface area (Å²) in [5.74, 6) is -0.231. The third kappa shape index (κ3) is 1.71. The van der Waals surface area contributed by atoms with E-state index in [1.165, 1.54) is 0 Å². The van der Waals surface area contributed by atoms with Crippen LogP contribution in [0.4, 0.5) is 4.79 Å². The maximum atomic E-state index is 11.5. The van der Waals surface area contributed by atoms with Gasteiger partial charge in [0.1, 0.15) is 5.54 Å². The van der Waals surface area contributed by atoms with Crippen molar-refractivity contribution in [2.24, 2.45) is 0 Å². The highest BCUT2D eigenvalue weighted by molar-refractivity contribution is 6.06. The highest BCUT2D eigenvalue weighted by Gasteiger charge is 2.46. The molecule has 84 valence electrons. The van der Waals surface area contributed by atoms with Gasteiger partial charge in [-0.1, -0.05) is 0 Å². The Balaban J connectivity index is 2.06. The first-order valence-corrected chi connectivity index (χ1v) is 5.26. The number of hydrogen-bond acceptors (Lipinski definition) is 3. The lowest BCUT2D eigenvalue weighted by Crippen LogP contribution is -2.47. The van der Waals surface area contributed by atoms with E-state index in [9.17, 15) is 9.59 Å². The van der Waals surface area contributed by atoms with E-state index in [1.54, 1.807) is 18.7 Å². The molecule has 3 amide bonds. The molecule has 15 heavy (non-hydrogen) atoms. The van der Waals surface area contributed by atoms with Gasteiger partial charge in [-0.05, 0) is 26.7 Å². The fourth-order valence-corrected chi connectivity index (χ4v) is 2.00. The van der Waals surface area contributed by atoms with Crippen molar-refractivity contribution in [1.82, 2.24) is 10.2 Å². The largest absolute Gasteiger partial charge is 0.376 e. The maximum absolute atomic E-state index is 11.5. The molecule has 0 saturated carbocycles. The monoisotopic (exact) mass is 212 g/mol. The van der Waals surface area contributed by atoms with Gasteiger partial charge in [-0.15, -0.1) is 0 Å². The van der Waals surface area contributed by atoms with Gasteiger partial charge in [-0.25, -0.2) is 4.79 Å². The SMILES string of the molecule is CC1(C)C(=O)NC(=O)N1CC1CCCO1. The minimum atomic E-state index is -0.747. The Bertz CT molecular complexity index is 295. The van der Waals surface area contributed by atoms with Crippen molar-refractivity contribution in [1.29, 1.82) is 0 Å². The number of nitrogens with one attached hydrogen (secondary N) is 1. The summed E-state index contributed by atoms with van der Waals surface area (Å²) in [6.45, 7) is 4.77. The summed E-state index contributed by atoms with van der Waals surface area (Å²) in [6, 6.07) is -0.305. The van der Waals surface area contributed by atoms with Crippen molar-refractivity contribution in [3.05, 3.63) is 0 Å². The van der Waals surface area contributed by atoms with Gasteiger partial charge in [-0.2, -0.15) is 0 Å². The van der Waals surface area contributed by atoms with Crippen LogP contribution < -0.4 is 5.32 Å². The smallest absolute Gasteiger partial charge is 0.325 e. The zero-order chi connectivity index (χ0) is 11.1.